The Balaban J connectivity index is 1.89. The van der Waals surface area contributed by atoms with Gasteiger partial charge in [0, 0.05) is 32.8 Å². The summed E-state index contributed by atoms with van der Waals surface area (Å²) in [6.45, 7) is 9.90. The first kappa shape index (κ1) is 12.9. The van der Waals surface area contributed by atoms with Crippen LogP contribution in [-0.4, -0.2) is 50.8 Å². The first-order valence-electron chi connectivity index (χ1n) is 6.44. The molecule has 3 nitrogen and oxygen atoms in total. The summed E-state index contributed by atoms with van der Waals surface area (Å²) >= 11 is 0. The van der Waals surface area contributed by atoms with E-state index in [1.54, 1.807) is 0 Å². The summed E-state index contributed by atoms with van der Waals surface area (Å²) in [6.07, 6.45) is 5.17. The summed E-state index contributed by atoms with van der Waals surface area (Å²) in [5.74, 6) is 0. The molecule has 15 heavy (non-hydrogen) atoms. The zero-order valence-electron chi connectivity index (χ0n) is 10.1. The second kappa shape index (κ2) is 9.13. The van der Waals surface area contributed by atoms with Crippen LogP contribution in [0, 0.1) is 0 Å². The third-order valence-electron chi connectivity index (χ3n) is 2.88. The van der Waals surface area contributed by atoms with E-state index < -0.39 is 0 Å². The van der Waals surface area contributed by atoms with Crippen LogP contribution >= 0.6 is 0 Å². The first-order valence-corrected chi connectivity index (χ1v) is 6.44. The highest BCUT2D eigenvalue weighted by Crippen LogP contribution is 1.97. The molecule has 3 heteroatoms. The van der Waals surface area contributed by atoms with Gasteiger partial charge in [-0.1, -0.05) is 19.8 Å². The molecule has 1 aliphatic heterocycles. The molecule has 0 saturated carbocycles. The fourth-order valence-electron chi connectivity index (χ4n) is 1.88. The number of unbranched alkanes of at least 4 members (excludes halogenated alkanes) is 2. The second-order valence-corrected chi connectivity index (χ2v) is 4.26. The summed E-state index contributed by atoms with van der Waals surface area (Å²) in [5.41, 5.74) is 0. The van der Waals surface area contributed by atoms with Crippen molar-refractivity contribution in [2.24, 2.45) is 0 Å². The predicted molar refractivity (Wildman–Crippen MR) is 64.3 cm³/mol. The Morgan fingerprint density at radius 1 is 1.13 bits per heavy atom. The molecule has 1 fully saturated rings. The maximum atomic E-state index is 5.42. The fraction of sp³-hybridized carbons (Fsp3) is 1.00. The van der Waals surface area contributed by atoms with Crippen molar-refractivity contribution in [3.8, 4) is 0 Å². The molecule has 0 radical (unpaired) electrons. The van der Waals surface area contributed by atoms with E-state index in [-0.39, 0.29) is 0 Å². The Kier molecular flexibility index (Phi) is 7.88. The van der Waals surface area contributed by atoms with E-state index in [4.69, 9.17) is 4.74 Å². The lowest BCUT2D eigenvalue weighted by Crippen LogP contribution is -2.34. The molecule has 90 valence electrons. The van der Waals surface area contributed by atoms with E-state index in [1.807, 2.05) is 0 Å². The number of nitrogens with zero attached hydrogens (tertiary/aromatic N) is 1. The van der Waals surface area contributed by atoms with Gasteiger partial charge in [-0.3, -0.25) is 4.90 Å². The van der Waals surface area contributed by atoms with Gasteiger partial charge < -0.3 is 10.1 Å². The van der Waals surface area contributed by atoms with Crippen LogP contribution in [-0.2, 0) is 4.74 Å². The normalized spacial score (nSPS) is 19.0. The van der Waals surface area contributed by atoms with Crippen molar-refractivity contribution >= 4 is 0 Å². The average Bonchev–Trinajstić information content (AvgIpc) is 2.52. The van der Waals surface area contributed by atoms with Crippen molar-refractivity contribution in [2.75, 3.05) is 45.9 Å². The highest BCUT2D eigenvalue weighted by Gasteiger charge is 2.07. The largest absolute Gasteiger partial charge is 0.380 e. The van der Waals surface area contributed by atoms with Crippen LogP contribution in [0.4, 0.5) is 0 Å². The van der Waals surface area contributed by atoms with E-state index in [9.17, 15) is 0 Å². The van der Waals surface area contributed by atoms with Gasteiger partial charge in [0.05, 0.1) is 6.61 Å². The third kappa shape index (κ3) is 6.88. The Morgan fingerprint density at radius 2 is 2.07 bits per heavy atom. The highest BCUT2D eigenvalue weighted by molar-refractivity contribution is 4.62. The van der Waals surface area contributed by atoms with E-state index in [0.717, 1.165) is 26.3 Å². The molecule has 0 aromatic heterocycles. The number of nitrogens with one attached hydrogen (secondary N) is 1. The van der Waals surface area contributed by atoms with E-state index in [1.165, 1.54) is 45.3 Å². The lowest BCUT2D eigenvalue weighted by atomic mass is 10.2. The van der Waals surface area contributed by atoms with Crippen molar-refractivity contribution in [1.29, 1.82) is 0 Å². The standard InChI is InChI=1S/C12H26N2O/c1-2-3-4-6-13-7-9-14-8-5-11-15-12-10-14/h13H,2-12H2,1H3. The molecular weight excluding hydrogens is 188 g/mol. The van der Waals surface area contributed by atoms with Crippen molar-refractivity contribution in [3.05, 3.63) is 0 Å². The summed E-state index contributed by atoms with van der Waals surface area (Å²) < 4.78 is 5.42. The molecule has 1 rings (SSSR count). The van der Waals surface area contributed by atoms with Gasteiger partial charge in [0.2, 0.25) is 0 Å². The summed E-state index contributed by atoms with van der Waals surface area (Å²) in [5, 5.41) is 3.51. The van der Waals surface area contributed by atoms with Crippen LogP contribution in [0.25, 0.3) is 0 Å². The topological polar surface area (TPSA) is 24.5 Å². The molecular formula is C12H26N2O. The maximum absolute atomic E-state index is 5.42. The number of ether oxygens (including phenoxy) is 1. The Bertz CT molecular complexity index is 134. The summed E-state index contributed by atoms with van der Waals surface area (Å²) in [4.78, 5) is 2.50. The third-order valence-corrected chi connectivity index (χ3v) is 2.88. The molecule has 1 aliphatic rings. The van der Waals surface area contributed by atoms with E-state index >= 15 is 0 Å². The van der Waals surface area contributed by atoms with Gasteiger partial charge in [0.25, 0.3) is 0 Å². The molecule has 0 atom stereocenters. The zero-order chi connectivity index (χ0) is 10.8. The molecule has 0 spiro atoms. The van der Waals surface area contributed by atoms with E-state index in [0.29, 0.717) is 0 Å². The summed E-state index contributed by atoms with van der Waals surface area (Å²) in [7, 11) is 0. The van der Waals surface area contributed by atoms with Crippen LogP contribution < -0.4 is 5.32 Å². The molecule has 1 N–H and O–H groups in total. The monoisotopic (exact) mass is 214 g/mol. The van der Waals surface area contributed by atoms with Crippen molar-refractivity contribution in [3.63, 3.8) is 0 Å². The quantitative estimate of drug-likeness (QED) is 0.650. The number of hydrogen-bond acceptors (Lipinski definition) is 3. The van der Waals surface area contributed by atoms with Crippen LogP contribution in [0.2, 0.25) is 0 Å². The molecule has 1 heterocycles. The maximum Gasteiger partial charge on any atom is 0.0593 e. The minimum absolute atomic E-state index is 0.913. The molecule has 0 bridgehead atoms. The molecule has 0 amide bonds. The molecule has 0 aromatic carbocycles. The lowest BCUT2D eigenvalue weighted by Gasteiger charge is -2.18. The van der Waals surface area contributed by atoms with Gasteiger partial charge in [-0.25, -0.2) is 0 Å². The van der Waals surface area contributed by atoms with Gasteiger partial charge >= 0.3 is 0 Å². The first-order chi connectivity index (χ1) is 7.43. The highest BCUT2D eigenvalue weighted by atomic mass is 16.5. The SMILES string of the molecule is CCCCCNCCN1CCCOCC1. The van der Waals surface area contributed by atoms with Crippen molar-refractivity contribution in [1.82, 2.24) is 10.2 Å². The Morgan fingerprint density at radius 3 is 2.93 bits per heavy atom. The average molecular weight is 214 g/mol. The van der Waals surface area contributed by atoms with Gasteiger partial charge in [-0.15, -0.1) is 0 Å². The number of rotatable bonds is 7. The fourth-order valence-corrected chi connectivity index (χ4v) is 1.88. The van der Waals surface area contributed by atoms with Crippen LogP contribution in [0.1, 0.15) is 32.6 Å². The molecule has 1 saturated heterocycles. The lowest BCUT2D eigenvalue weighted by molar-refractivity contribution is 0.141. The van der Waals surface area contributed by atoms with Gasteiger partial charge in [0.1, 0.15) is 0 Å². The molecule has 0 unspecified atom stereocenters. The van der Waals surface area contributed by atoms with Gasteiger partial charge in [-0.05, 0) is 19.4 Å². The smallest absolute Gasteiger partial charge is 0.0593 e. The molecule has 0 aliphatic carbocycles. The van der Waals surface area contributed by atoms with E-state index in [2.05, 4.69) is 17.1 Å². The van der Waals surface area contributed by atoms with Crippen molar-refractivity contribution in [2.45, 2.75) is 32.6 Å². The predicted octanol–water partition coefficient (Wildman–Crippen LogP) is 1.49. The zero-order valence-corrected chi connectivity index (χ0v) is 10.1. The Hall–Kier alpha value is -0.120. The Labute approximate surface area is 94.2 Å². The van der Waals surface area contributed by atoms with Crippen LogP contribution in [0.15, 0.2) is 0 Å². The van der Waals surface area contributed by atoms with Crippen molar-refractivity contribution < 1.29 is 4.74 Å². The minimum atomic E-state index is 0.913. The minimum Gasteiger partial charge on any atom is -0.380 e. The van der Waals surface area contributed by atoms with Gasteiger partial charge in [0.15, 0.2) is 0 Å². The van der Waals surface area contributed by atoms with Gasteiger partial charge in [-0.2, -0.15) is 0 Å². The second-order valence-electron chi connectivity index (χ2n) is 4.26. The number of hydrogen-bond donors (Lipinski definition) is 1. The molecule has 0 aromatic rings. The van der Waals surface area contributed by atoms with Crippen LogP contribution in [0.3, 0.4) is 0 Å². The van der Waals surface area contributed by atoms with Crippen LogP contribution in [0.5, 0.6) is 0 Å². The summed E-state index contributed by atoms with van der Waals surface area (Å²) in [6, 6.07) is 0.